The molecule has 1 N–H and O–H groups in total. The van der Waals surface area contributed by atoms with Crippen LogP contribution in [0, 0.1) is 5.92 Å². The molecule has 2 atom stereocenters. The van der Waals surface area contributed by atoms with E-state index in [1.165, 1.54) is 18.5 Å². The van der Waals surface area contributed by atoms with Gasteiger partial charge in [-0.2, -0.15) is 0 Å². The summed E-state index contributed by atoms with van der Waals surface area (Å²) in [6, 6.07) is 8.77. The molecule has 2 unspecified atom stereocenters. The van der Waals surface area contributed by atoms with Gasteiger partial charge in [-0.05, 0) is 43.6 Å². The Hall–Kier alpha value is -0.570. The van der Waals surface area contributed by atoms with Gasteiger partial charge in [-0.25, -0.2) is 0 Å². The smallest absolute Gasteiger partial charge is 0.0406 e. The van der Waals surface area contributed by atoms with Crippen molar-refractivity contribution in [3.8, 4) is 0 Å². The number of benzene rings is 1. The molecule has 0 bridgehead atoms. The predicted molar refractivity (Wildman–Crippen MR) is 73.4 cm³/mol. The van der Waals surface area contributed by atoms with Crippen LogP contribution in [-0.2, 0) is 6.54 Å². The van der Waals surface area contributed by atoms with Gasteiger partial charge in [-0.15, -0.1) is 0 Å². The van der Waals surface area contributed by atoms with Gasteiger partial charge in [0.25, 0.3) is 0 Å². The van der Waals surface area contributed by atoms with E-state index in [4.69, 9.17) is 11.6 Å². The molecule has 1 fully saturated rings. The van der Waals surface area contributed by atoms with Crippen molar-refractivity contribution in [2.24, 2.45) is 5.92 Å². The van der Waals surface area contributed by atoms with Crippen LogP contribution in [0.4, 0.5) is 0 Å². The minimum absolute atomic E-state index is 0.646. The quantitative estimate of drug-likeness (QED) is 0.887. The first-order valence-corrected chi connectivity index (χ1v) is 6.69. The van der Waals surface area contributed by atoms with E-state index < -0.39 is 0 Å². The van der Waals surface area contributed by atoms with Crippen LogP contribution in [0.5, 0.6) is 0 Å². The van der Waals surface area contributed by atoms with Crippen LogP contribution in [-0.4, -0.2) is 31.1 Å². The van der Waals surface area contributed by atoms with Gasteiger partial charge in [-0.3, -0.25) is 0 Å². The highest BCUT2D eigenvalue weighted by Gasteiger charge is 2.23. The van der Waals surface area contributed by atoms with Crippen molar-refractivity contribution >= 4 is 11.6 Å². The summed E-state index contributed by atoms with van der Waals surface area (Å²) in [5.74, 6) is 0.794. The Morgan fingerprint density at radius 3 is 2.65 bits per heavy atom. The molecule has 0 radical (unpaired) electrons. The number of likely N-dealkylation sites (N-methyl/N-ethyl adjacent to an activating group) is 1. The molecule has 1 saturated heterocycles. The fourth-order valence-corrected chi connectivity index (χ4v) is 2.57. The molecule has 1 aromatic carbocycles. The summed E-state index contributed by atoms with van der Waals surface area (Å²) < 4.78 is 0. The zero-order valence-corrected chi connectivity index (χ0v) is 11.4. The van der Waals surface area contributed by atoms with Crippen molar-refractivity contribution in [2.75, 3.05) is 20.1 Å². The van der Waals surface area contributed by atoms with Gasteiger partial charge >= 0.3 is 0 Å². The van der Waals surface area contributed by atoms with E-state index in [1.54, 1.807) is 0 Å². The van der Waals surface area contributed by atoms with E-state index in [2.05, 4.69) is 36.3 Å². The summed E-state index contributed by atoms with van der Waals surface area (Å²) in [6.45, 7) is 5.60. The molecule has 0 aromatic heterocycles. The molecular formula is C14H21ClN2. The second-order valence-electron chi connectivity index (χ2n) is 5.15. The molecule has 1 aliphatic rings. The average Bonchev–Trinajstić information content (AvgIpc) is 2.68. The van der Waals surface area contributed by atoms with E-state index >= 15 is 0 Å². The lowest BCUT2D eigenvalue weighted by atomic mass is 10.0. The first-order valence-electron chi connectivity index (χ1n) is 6.31. The summed E-state index contributed by atoms with van der Waals surface area (Å²) in [6.07, 6.45) is 1.31. The molecule has 0 amide bonds. The second-order valence-corrected chi connectivity index (χ2v) is 5.59. The molecule has 1 aliphatic heterocycles. The third kappa shape index (κ3) is 3.70. The Morgan fingerprint density at radius 2 is 2.06 bits per heavy atom. The molecule has 0 saturated carbocycles. The van der Waals surface area contributed by atoms with Crippen LogP contribution in [0.3, 0.4) is 0 Å². The predicted octanol–water partition coefficient (Wildman–Crippen LogP) is 2.77. The van der Waals surface area contributed by atoms with Crippen LogP contribution in [0.1, 0.15) is 18.9 Å². The van der Waals surface area contributed by atoms with E-state index in [-0.39, 0.29) is 0 Å². The lowest BCUT2D eigenvalue weighted by Crippen LogP contribution is -2.37. The second kappa shape index (κ2) is 5.85. The van der Waals surface area contributed by atoms with Crippen LogP contribution in [0.15, 0.2) is 24.3 Å². The van der Waals surface area contributed by atoms with Crippen molar-refractivity contribution in [1.82, 2.24) is 10.2 Å². The van der Waals surface area contributed by atoms with Crippen molar-refractivity contribution in [2.45, 2.75) is 25.9 Å². The Balaban J connectivity index is 1.84. The number of hydrogen-bond acceptors (Lipinski definition) is 2. The molecule has 17 heavy (non-hydrogen) atoms. The number of halogens is 1. The third-order valence-electron chi connectivity index (χ3n) is 3.57. The van der Waals surface area contributed by atoms with Crippen LogP contribution in [0.25, 0.3) is 0 Å². The number of nitrogens with zero attached hydrogens (tertiary/aromatic N) is 1. The van der Waals surface area contributed by atoms with E-state index in [1.807, 2.05) is 12.1 Å². The molecule has 0 aliphatic carbocycles. The standard InChI is InChI=1S/C14H21ClN2/c1-11-7-8-16-14(11)10-17(2)9-12-3-5-13(15)6-4-12/h3-6,11,14,16H,7-10H2,1-2H3. The van der Waals surface area contributed by atoms with Gasteiger partial charge in [-0.1, -0.05) is 30.7 Å². The average molecular weight is 253 g/mol. The Kier molecular flexibility index (Phi) is 4.43. The highest BCUT2D eigenvalue weighted by molar-refractivity contribution is 6.30. The fourth-order valence-electron chi connectivity index (χ4n) is 2.45. The summed E-state index contributed by atoms with van der Waals surface area (Å²) in [7, 11) is 2.18. The molecule has 2 rings (SSSR count). The maximum atomic E-state index is 5.88. The lowest BCUT2D eigenvalue weighted by molar-refractivity contribution is 0.271. The fraction of sp³-hybridized carbons (Fsp3) is 0.571. The third-order valence-corrected chi connectivity index (χ3v) is 3.82. The van der Waals surface area contributed by atoms with Gasteiger partial charge in [0.15, 0.2) is 0 Å². The summed E-state index contributed by atoms with van der Waals surface area (Å²) in [5.41, 5.74) is 1.32. The lowest BCUT2D eigenvalue weighted by Gasteiger charge is -2.23. The maximum absolute atomic E-state index is 5.88. The minimum Gasteiger partial charge on any atom is -0.312 e. The first-order chi connectivity index (χ1) is 8.15. The molecule has 3 heteroatoms. The molecule has 0 spiro atoms. The van der Waals surface area contributed by atoms with Gasteiger partial charge in [0.2, 0.25) is 0 Å². The van der Waals surface area contributed by atoms with Crippen molar-refractivity contribution in [1.29, 1.82) is 0 Å². The summed E-state index contributed by atoms with van der Waals surface area (Å²) in [5, 5.41) is 4.38. The highest BCUT2D eigenvalue weighted by atomic mass is 35.5. The van der Waals surface area contributed by atoms with Gasteiger partial charge in [0.1, 0.15) is 0 Å². The van der Waals surface area contributed by atoms with E-state index in [9.17, 15) is 0 Å². The molecule has 94 valence electrons. The van der Waals surface area contributed by atoms with Crippen molar-refractivity contribution in [3.05, 3.63) is 34.9 Å². The van der Waals surface area contributed by atoms with Gasteiger partial charge in [0, 0.05) is 24.2 Å². The zero-order valence-electron chi connectivity index (χ0n) is 10.6. The highest BCUT2D eigenvalue weighted by Crippen LogP contribution is 2.16. The Labute approximate surface area is 109 Å². The van der Waals surface area contributed by atoms with Crippen molar-refractivity contribution in [3.63, 3.8) is 0 Å². The van der Waals surface area contributed by atoms with E-state index in [0.717, 1.165) is 24.0 Å². The van der Waals surface area contributed by atoms with Gasteiger partial charge < -0.3 is 10.2 Å². The normalized spacial score (nSPS) is 24.5. The maximum Gasteiger partial charge on any atom is 0.0406 e. The Bertz CT molecular complexity index is 350. The van der Waals surface area contributed by atoms with Crippen LogP contribution in [0.2, 0.25) is 5.02 Å². The zero-order chi connectivity index (χ0) is 12.3. The topological polar surface area (TPSA) is 15.3 Å². The monoisotopic (exact) mass is 252 g/mol. The largest absolute Gasteiger partial charge is 0.312 e. The van der Waals surface area contributed by atoms with Crippen molar-refractivity contribution < 1.29 is 0 Å². The molecule has 2 nitrogen and oxygen atoms in total. The Morgan fingerprint density at radius 1 is 1.35 bits per heavy atom. The number of rotatable bonds is 4. The van der Waals surface area contributed by atoms with Crippen LogP contribution >= 0.6 is 11.6 Å². The van der Waals surface area contributed by atoms with Gasteiger partial charge in [0.05, 0.1) is 0 Å². The summed E-state index contributed by atoms with van der Waals surface area (Å²) >= 11 is 5.88. The minimum atomic E-state index is 0.646. The molecular weight excluding hydrogens is 232 g/mol. The number of hydrogen-bond donors (Lipinski definition) is 1. The summed E-state index contributed by atoms with van der Waals surface area (Å²) in [4.78, 5) is 2.38. The first kappa shape index (κ1) is 12.9. The molecule has 1 aromatic rings. The molecule has 1 heterocycles. The van der Waals surface area contributed by atoms with E-state index in [0.29, 0.717) is 6.04 Å². The number of nitrogens with one attached hydrogen (secondary N) is 1. The van der Waals surface area contributed by atoms with Crippen LogP contribution < -0.4 is 5.32 Å². The SMILES string of the molecule is CC1CCNC1CN(C)Cc1ccc(Cl)cc1.